The largest absolute Gasteiger partial charge is 0.467 e. The zero-order chi connectivity index (χ0) is 22.1. The molecule has 31 heavy (non-hydrogen) atoms. The molecule has 0 fully saturated rings. The average molecular weight is 423 g/mol. The van der Waals surface area contributed by atoms with Gasteiger partial charge in [-0.15, -0.1) is 0 Å². The Morgan fingerprint density at radius 3 is 2.39 bits per heavy atom. The molecule has 0 bridgehead atoms. The maximum atomic E-state index is 13.4. The van der Waals surface area contributed by atoms with Crippen molar-refractivity contribution in [3.8, 4) is 0 Å². The lowest BCUT2D eigenvalue weighted by Gasteiger charge is -2.31. The number of hydrogen-bond acceptors (Lipinski definition) is 3. The summed E-state index contributed by atoms with van der Waals surface area (Å²) in [4.78, 5) is 27.9. The quantitative estimate of drug-likeness (QED) is 0.524. The van der Waals surface area contributed by atoms with E-state index in [1.807, 2.05) is 37.3 Å². The maximum absolute atomic E-state index is 13.4. The number of nitrogens with one attached hydrogen (secondary N) is 1. The van der Waals surface area contributed by atoms with Crippen molar-refractivity contribution in [1.82, 2.24) is 10.2 Å². The summed E-state index contributed by atoms with van der Waals surface area (Å²) in [5.41, 5.74) is 1.72. The molecule has 3 rings (SSSR count). The Hall–Kier alpha value is -3.41. The Morgan fingerprint density at radius 1 is 1.00 bits per heavy atom. The number of carbonyl (C=O) groups excluding carboxylic acids is 2. The molecule has 2 aromatic carbocycles. The molecule has 0 radical (unpaired) electrons. The Balaban J connectivity index is 1.86. The van der Waals surface area contributed by atoms with Gasteiger partial charge in [0.25, 0.3) is 0 Å². The molecule has 0 saturated carbocycles. The van der Waals surface area contributed by atoms with Crippen LogP contribution in [0.3, 0.4) is 0 Å². The molecule has 0 aliphatic carbocycles. The molecule has 6 heteroatoms. The van der Waals surface area contributed by atoms with E-state index in [0.717, 1.165) is 11.1 Å². The van der Waals surface area contributed by atoms with Gasteiger partial charge in [0.2, 0.25) is 11.8 Å². The van der Waals surface area contributed by atoms with Crippen molar-refractivity contribution < 1.29 is 18.4 Å². The number of hydrogen-bond donors (Lipinski definition) is 1. The second-order valence-corrected chi connectivity index (χ2v) is 7.40. The van der Waals surface area contributed by atoms with E-state index < -0.39 is 6.04 Å². The zero-order valence-corrected chi connectivity index (χ0v) is 17.6. The normalized spacial score (nSPS) is 11.7. The Labute approximate surface area is 181 Å². The van der Waals surface area contributed by atoms with E-state index in [1.54, 1.807) is 35.4 Å². The summed E-state index contributed by atoms with van der Waals surface area (Å²) < 4.78 is 18.7. The fraction of sp³-hybridized carbons (Fsp3) is 0.280. The first-order valence-corrected chi connectivity index (χ1v) is 10.4. The van der Waals surface area contributed by atoms with Crippen LogP contribution in [-0.4, -0.2) is 22.8 Å². The lowest BCUT2D eigenvalue weighted by molar-refractivity contribution is -0.141. The third-order valence-corrected chi connectivity index (χ3v) is 5.02. The minimum atomic E-state index is -0.707. The van der Waals surface area contributed by atoms with Crippen LogP contribution in [0.15, 0.2) is 77.4 Å². The zero-order valence-electron chi connectivity index (χ0n) is 17.6. The van der Waals surface area contributed by atoms with Gasteiger partial charge in [0.15, 0.2) is 0 Å². The molecule has 0 spiro atoms. The number of benzene rings is 2. The van der Waals surface area contributed by atoms with Crippen molar-refractivity contribution in [1.29, 1.82) is 0 Å². The van der Waals surface area contributed by atoms with Gasteiger partial charge in [0.05, 0.1) is 12.8 Å². The molecule has 2 amide bonds. The highest BCUT2D eigenvalue weighted by molar-refractivity contribution is 5.88. The Morgan fingerprint density at radius 2 is 1.74 bits per heavy atom. The molecule has 1 aromatic heterocycles. The molecule has 0 saturated heterocycles. The molecule has 0 aliphatic rings. The predicted octanol–water partition coefficient (Wildman–Crippen LogP) is 4.48. The second-order valence-electron chi connectivity index (χ2n) is 7.40. The van der Waals surface area contributed by atoms with Crippen molar-refractivity contribution in [3.05, 3.63) is 95.7 Å². The van der Waals surface area contributed by atoms with E-state index >= 15 is 0 Å². The van der Waals surface area contributed by atoms with Gasteiger partial charge in [-0.3, -0.25) is 9.59 Å². The molecule has 3 aromatic rings. The minimum absolute atomic E-state index is 0.110. The van der Waals surface area contributed by atoms with Crippen LogP contribution in [0.4, 0.5) is 4.39 Å². The summed E-state index contributed by atoms with van der Waals surface area (Å²) in [6.07, 6.45) is 2.93. The van der Waals surface area contributed by atoms with Crippen LogP contribution in [0.5, 0.6) is 0 Å². The third-order valence-electron chi connectivity index (χ3n) is 5.02. The maximum Gasteiger partial charge on any atom is 0.243 e. The SMILES string of the molecule is CCCC(=O)N(Cc1ccc(F)cc1)[C@@H](Cc1ccccc1)C(=O)NCc1ccco1. The molecule has 0 unspecified atom stereocenters. The van der Waals surface area contributed by atoms with Crippen molar-refractivity contribution in [2.24, 2.45) is 0 Å². The summed E-state index contributed by atoms with van der Waals surface area (Å²) in [6, 6.07) is 18.4. The van der Waals surface area contributed by atoms with E-state index in [4.69, 9.17) is 4.42 Å². The molecular formula is C25H27FN2O3. The van der Waals surface area contributed by atoms with Gasteiger partial charge in [0.1, 0.15) is 17.6 Å². The van der Waals surface area contributed by atoms with E-state index in [-0.39, 0.29) is 30.7 Å². The van der Waals surface area contributed by atoms with E-state index in [9.17, 15) is 14.0 Å². The van der Waals surface area contributed by atoms with Crippen molar-refractivity contribution in [2.75, 3.05) is 0 Å². The molecule has 0 aliphatic heterocycles. The standard InChI is InChI=1S/C25H27FN2O3/c1-2-7-24(29)28(18-20-11-13-21(26)14-12-20)23(16-19-8-4-3-5-9-19)25(30)27-17-22-10-6-15-31-22/h3-6,8-15,23H,2,7,16-18H2,1H3,(H,27,30)/t23-/m0/s1. The summed E-state index contributed by atoms with van der Waals surface area (Å²) in [7, 11) is 0. The monoisotopic (exact) mass is 422 g/mol. The van der Waals surface area contributed by atoms with Crippen LogP contribution < -0.4 is 5.32 Å². The average Bonchev–Trinajstić information content (AvgIpc) is 3.30. The smallest absolute Gasteiger partial charge is 0.243 e. The first-order chi connectivity index (χ1) is 15.1. The molecular weight excluding hydrogens is 395 g/mol. The van der Waals surface area contributed by atoms with Gasteiger partial charge < -0.3 is 14.6 Å². The molecule has 5 nitrogen and oxygen atoms in total. The highest BCUT2D eigenvalue weighted by Crippen LogP contribution is 2.17. The number of furan rings is 1. The van der Waals surface area contributed by atoms with Crippen LogP contribution in [-0.2, 0) is 29.1 Å². The topological polar surface area (TPSA) is 62.6 Å². The summed E-state index contributed by atoms with van der Waals surface area (Å²) >= 11 is 0. The van der Waals surface area contributed by atoms with Crippen LogP contribution in [0.2, 0.25) is 0 Å². The van der Waals surface area contributed by atoms with E-state index in [0.29, 0.717) is 25.0 Å². The van der Waals surface area contributed by atoms with Crippen LogP contribution in [0, 0.1) is 5.82 Å². The number of amides is 2. The first kappa shape index (κ1) is 22.3. The molecule has 1 N–H and O–H groups in total. The van der Waals surface area contributed by atoms with Gasteiger partial charge in [-0.25, -0.2) is 4.39 Å². The Kier molecular flexibility index (Phi) is 7.98. The lowest BCUT2D eigenvalue weighted by Crippen LogP contribution is -2.50. The highest BCUT2D eigenvalue weighted by Gasteiger charge is 2.30. The predicted molar refractivity (Wildman–Crippen MR) is 116 cm³/mol. The summed E-state index contributed by atoms with van der Waals surface area (Å²) in [5.74, 6) is -0.0725. The van der Waals surface area contributed by atoms with E-state index in [1.165, 1.54) is 12.1 Å². The molecule has 162 valence electrons. The lowest BCUT2D eigenvalue weighted by atomic mass is 10.0. The number of halogens is 1. The van der Waals surface area contributed by atoms with Gasteiger partial charge in [-0.2, -0.15) is 0 Å². The van der Waals surface area contributed by atoms with Crippen LogP contribution >= 0.6 is 0 Å². The van der Waals surface area contributed by atoms with Gasteiger partial charge in [-0.05, 0) is 41.8 Å². The van der Waals surface area contributed by atoms with E-state index in [2.05, 4.69) is 5.32 Å². The fourth-order valence-electron chi connectivity index (χ4n) is 3.40. The van der Waals surface area contributed by atoms with Gasteiger partial charge >= 0.3 is 0 Å². The second kappa shape index (κ2) is 11.1. The summed E-state index contributed by atoms with van der Waals surface area (Å²) in [6.45, 7) is 2.39. The number of carbonyl (C=O) groups is 2. The highest BCUT2D eigenvalue weighted by atomic mass is 19.1. The van der Waals surface area contributed by atoms with Gasteiger partial charge in [-0.1, -0.05) is 49.4 Å². The molecule has 1 heterocycles. The number of rotatable bonds is 10. The fourth-order valence-corrected chi connectivity index (χ4v) is 3.40. The number of nitrogens with zero attached hydrogens (tertiary/aromatic N) is 1. The summed E-state index contributed by atoms with van der Waals surface area (Å²) in [5, 5.41) is 2.89. The molecule has 1 atom stereocenters. The van der Waals surface area contributed by atoms with Crippen molar-refractivity contribution >= 4 is 11.8 Å². The van der Waals surface area contributed by atoms with Crippen LogP contribution in [0.25, 0.3) is 0 Å². The third kappa shape index (κ3) is 6.54. The first-order valence-electron chi connectivity index (χ1n) is 10.4. The van der Waals surface area contributed by atoms with Crippen LogP contribution in [0.1, 0.15) is 36.7 Å². The minimum Gasteiger partial charge on any atom is -0.467 e. The van der Waals surface area contributed by atoms with Gasteiger partial charge in [0, 0.05) is 19.4 Å². The Bertz CT molecular complexity index is 956. The van der Waals surface area contributed by atoms with Crippen molar-refractivity contribution in [2.45, 2.75) is 45.3 Å². The van der Waals surface area contributed by atoms with Crippen molar-refractivity contribution in [3.63, 3.8) is 0 Å².